The molecule has 0 amide bonds. The maximum atomic E-state index is 17.2. The highest BCUT2D eigenvalue weighted by Crippen LogP contribution is 2.42. The summed E-state index contributed by atoms with van der Waals surface area (Å²) < 4.78 is 80.1. The van der Waals surface area contributed by atoms with Crippen LogP contribution in [0.1, 0.15) is 47.8 Å². The molecule has 0 saturated carbocycles. The number of benzene rings is 1. The number of halogens is 2. The van der Waals surface area contributed by atoms with Crippen LogP contribution in [0.2, 0.25) is 0 Å². The molecule has 248 valence electrons. The van der Waals surface area contributed by atoms with Gasteiger partial charge in [0.05, 0.1) is 49.0 Å². The van der Waals surface area contributed by atoms with E-state index in [0.717, 1.165) is 30.5 Å². The van der Waals surface area contributed by atoms with Gasteiger partial charge in [0.25, 0.3) is 0 Å². The number of anilines is 1. The highest BCUT2D eigenvalue weighted by atomic mass is 19.1. The summed E-state index contributed by atoms with van der Waals surface area (Å²) in [4.78, 5) is 30.7. The van der Waals surface area contributed by atoms with Gasteiger partial charge in [-0.25, -0.2) is 13.6 Å². The normalized spacial score (nSPS) is 28.0. The predicted octanol–water partition coefficient (Wildman–Crippen LogP) is 4.67. The first-order chi connectivity index (χ1) is 24.0. The summed E-state index contributed by atoms with van der Waals surface area (Å²) in [5, 5.41) is 8.01. The fourth-order valence-corrected chi connectivity index (χ4v) is 7.69. The molecule has 3 saturated heterocycles. The van der Waals surface area contributed by atoms with Crippen molar-refractivity contribution in [3.8, 4) is 17.3 Å². The van der Waals surface area contributed by atoms with Crippen LogP contribution < -0.4 is 9.64 Å². The number of H-pyrrole nitrogens is 1. The Morgan fingerprint density at radius 2 is 2.13 bits per heavy atom. The van der Waals surface area contributed by atoms with E-state index in [1.807, 2.05) is 13.0 Å². The zero-order valence-electron chi connectivity index (χ0n) is 29.0. The SMILES string of the molecule is [2H]C([2H])([2H])[C@]12COCCN(C1)c1nc(OC[C@@]34CCCN3C[C@H](F)C4)nc3c(F)c(ncc13)-c1c(c(C)cc3[nH]ncc13)CCCOC(=O)O2. The van der Waals surface area contributed by atoms with Gasteiger partial charge in [0.2, 0.25) is 0 Å². The number of carbonyl (C=O) groups excluding carboxylic acids is 1. The second-order valence-electron chi connectivity index (χ2n) is 13.0. The molecule has 0 spiro atoms. The lowest BCUT2D eigenvalue weighted by Gasteiger charge is -2.33. The van der Waals surface area contributed by atoms with Gasteiger partial charge in [0, 0.05) is 40.8 Å². The Bertz CT molecular complexity index is 1980. The minimum atomic E-state index is -2.85. The number of alkyl halides is 1. The van der Waals surface area contributed by atoms with Crippen LogP contribution >= 0.6 is 0 Å². The van der Waals surface area contributed by atoms with Crippen LogP contribution in [0.4, 0.5) is 19.4 Å². The van der Waals surface area contributed by atoms with Crippen molar-refractivity contribution >= 4 is 33.8 Å². The van der Waals surface area contributed by atoms with E-state index in [4.69, 9.17) is 28.0 Å². The average Bonchev–Trinajstić information content (AvgIpc) is 3.71. The number of aryl methyl sites for hydroxylation is 1. The zero-order valence-corrected chi connectivity index (χ0v) is 26.0. The van der Waals surface area contributed by atoms with Gasteiger partial charge < -0.3 is 23.8 Å². The predicted molar refractivity (Wildman–Crippen MR) is 168 cm³/mol. The number of aromatic amines is 1. The first-order valence-electron chi connectivity index (χ1n) is 17.5. The summed E-state index contributed by atoms with van der Waals surface area (Å²) in [6.07, 6.45) is 3.61. The first kappa shape index (κ1) is 26.9. The molecule has 1 aromatic carbocycles. The number of carbonyl (C=O) groups is 1. The Hall–Kier alpha value is -4.17. The molecule has 12 nitrogen and oxygen atoms in total. The van der Waals surface area contributed by atoms with Gasteiger partial charge in [0.15, 0.2) is 11.4 Å². The summed E-state index contributed by atoms with van der Waals surface area (Å²) in [5.74, 6) is -0.599. The van der Waals surface area contributed by atoms with Crippen molar-refractivity contribution in [2.24, 2.45) is 0 Å². The van der Waals surface area contributed by atoms with E-state index in [9.17, 15) is 9.18 Å². The molecule has 5 aliphatic rings. The third-order valence-corrected chi connectivity index (χ3v) is 9.84. The highest BCUT2D eigenvalue weighted by molar-refractivity contribution is 5.99. The van der Waals surface area contributed by atoms with Gasteiger partial charge in [-0.2, -0.15) is 15.1 Å². The van der Waals surface area contributed by atoms with Gasteiger partial charge in [0.1, 0.15) is 29.8 Å². The van der Waals surface area contributed by atoms with E-state index in [-0.39, 0.29) is 61.3 Å². The van der Waals surface area contributed by atoms with Gasteiger partial charge in [-0.15, -0.1) is 0 Å². The minimum Gasteiger partial charge on any atom is -0.461 e. The number of fused-ring (bicyclic) bond motifs is 8. The number of nitrogens with zero attached hydrogens (tertiary/aromatic N) is 6. The topological polar surface area (TPSA) is 128 Å². The minimum absolute atomic E-state index is 0.0401. The summed E-state index contributed by atoms with van der Waals surface area (Å²) in [5.41, 5.74) is 0.0945. The van der Waals surface area contributed by atoms with Crippen LogP contribution in [-0.4, -0.2) is 106 Å². The van der Waals surface area contributed by atoms with E-state index in [2.05, 4.69) is 25.1 Å². The fraction of sp³-hybridized carbons (Fsp3) is 0.545. The molecular weight excluding hydrogens is 612 g/mol. The lowest BCUT2D eigenvalue weighted by molar-refractivity contribution is -0.0575. The van der Waals surface area contributed by atoms with Crippen LogP contribution in [0, 0.1) is 12.7 Å². The molecule has 6 bridgehead atoms. The summed E-state index contributed by atoms with van der Waals surface area (Å²) in [7, 11) is 0. The van der Waals surface area contributed by atoms with Crippen molar-refractivity contribution in [2.45, 2.75) is 63.2 Å². The summed E-state index contributed by atoms with van der Waals surface area (Å²) in [6.45, 7) is -0.515. The van der Waals surface area contributed by atoms with Crippen LogP contribution in [0.15, 0.2) is 18.5 Å². The second kappa shape index (κ2) is 11.5. The zero-order chi connectivity index (χ0) is 34.8. The molecule has 0 unspecified atom stereocenters. The Morgan fingerprint density at radius 1 is 1.21 bits per heavy atom. The molecule has 3 atom stereocenters. The molecule has 9 rings (SSSR count). The van der Waals surface area contributed by atoms with E-state index in [1.165, 1.54) is 6.20 Å². The Labute approximate surface area is 273 Å². The molecule has 0 aliphatic carbocycles. The van der Waals surface area contributed by atoms with E-state index < -0.39 is 42.7 Å². The van der Waals surface area contributed by atoms with Crippen molar-refractivity contribution in [3.63, 3.8) is 0 Å². The average molecular weight is 653 g/mol. The standard InChI is InChI=1S/C33H37F2N7O5/c1-19-11-24-22(14-37-40-24)25-21(19)5-3-9-45-31(43)47-32(2)16-41(8-10-44-17-32)29-23-13-36-28(25)26(35)27(23)38-30(39-29)46-18-33-6-4-7-42(33)15-20(34)12-33/h11,13-14,20H,3-10,12,15-18H2,1-2H3,(H,37,40)/t20-,32-,33+/m1/s1/i2D3. The van der Waals surface area contributed by atoms with Crippen LogP contribution in [0.25, 0.3) is 33.1 Å². The van der Waals surface area contributed by atoms with E-state index in [1.54, 1.807) is 11.1 Å². The number of hydrogen-bond acceptors (Lipinski definition) is 11. The third-order valence-electron chi connectivity index (χ3n) is 9.84. The van der Waals surface area contributed by atoms with Crippen molar-refractivity contribution in [1.29, 1.82) is 0 Å². The van der Waals surface area contributed by atoms with Crippen molar-refractivity contribution < 1.29 is 36.6 Å². The Morgan fingerprint density at radius 3 is 3.02 bits per heavy atom. The van der Waals surface area contributed by atoms with Gasteiger partial charge in [-0.3, -0.25) is 15.0 Å². The Balaban J connectivity index is 1.33. The summed E-state index contributed by atoms with van der Waals surface area (Å²) in [6, 6.07) is 1.75. The highest BCUT2D eigenvalue weighted by Gasteiger charge is 2.49. The molecule has 8 heterocycles. The maximum absolute atomic E-state index is 17.2. The number of rotatable bonds is 3. The smallest absolute Gasteiger partial charge is 0.461 e. The molecule has 14 heteroatoms. The number of hydrogen-bond donors (Lipinski definition) is 1. The van der Waals surface area contributed by atoms with Gasteiger partial charge >= 0.3 is 12.2 Å². The number of pyridine rings is 1. The lowest BCUT2D eigenvalue weighted by atomic mass is 9.92. The van der Waals surface area contributed by atoms with E-state index in [0.29, 0.717) is 42.3 Å². The maximum Gasteiger partial charge on any atom is 0.508 e. The molecule has 47 heavy (non-hydrogen) atoms. The fourth-order valence-electron chi connectivity index (χ4n) is 7.69. The molecule has 3 aromatic heterocycles. The largest absolute Gasteiger partial charge is 0.508 e. The lowest BCUT2D eigenvalue weighted by Crippen LogP contribution is -2.46. The monoisotopic (exact) mass is 652 g/mol. The number of ether oxygens (including phenoxy) is 4. The number of aromatic nitrogens is 5. The molecule has 0 radical (unpaired) electrons. The molecular formula is C33H37F2N7O5. The van der Waals surface area contributed by atoms with E-state index >= 15 is 4.39 Å². The number of nitrogens with one attached hydrogen (secondary N) is 1. The van der Waals surface area contributed by atoms with Crippen molar-refractivity contribution in [2.75, 3.05) is 57.5 Å². The van der Waals surface area contributed by atoms with Crippen molar-refractivity contribution in [3.05, 3.63) is 35.4 Å². The third kappa shape index (κ3) is 5.31. The molecule has 3 fully saturated rings. The Kier molecular flexibility index (Phi) is 6.58. The van der Waals surface area contributed by atoms with Crippen LogP contribution in [0.3, 0.4) is 0 Å². The second-order valence-corrected chi connectivity index (χ2v) is 13.0. The molecule has 4 aromatic rings. The summed E-state index contributed by atoms with van der Waals surface area (Å²) >= 11 is 0. The quantitative estimate of drug-likeness (QED) is 0.310. The van der Waals surface area contributed by atoms with Gasteiger partial charge in [-0.05, 0) is 63.2 Å². The van der Waals surface area contributed by atoms with Crippen molar-refractivity contribution in [1.82, 2.24) is 30.0 Å². The van der Waals surface area contributed by atoms with Gasteiger partial charge in [-0.1, -0.05) is 0 Å². The van der Waals surface area contributed by atoms with Crippen LogP contribution in [-0.2, 0) is 20.6 Å². The first-order valence-corrected chi connectivity index (χ1v) is 16.0. The molecule has 5 aliphatic heterocycles. The molecule has 1 N–H and O–H groups in total. The van der Waals surface area contributed by atoms with Crippen LogP contribution in [0.5, 0.6) is 6.01 Å².